The molecular formula is C19H21N3O3S. The van der Waals surface area contributed by atoms with E-state index >= 15 is 0 Å². The summed E-state index contributed by atoms with van der Waals surface area (Å²) in [6, 6.07) is 9.89. The van der Waals surface area contributed by atoms with Crippen LogP contribution in [-0.4, -0.2) is 37.2 Å². The topological polar surface area (TPSA) is 61.9 Å². The van der Waals surface area contributed by atoms with E-state index in [1.165, 1.54) is 12.0 Å². The molecule has 2 aliphatic heterocycles. The quantitative estimate of drug-likeness (QED) is 0.859. The third-order valence-corrected chi connectivity index (χ3v) is 5.97. The first-order chi connectivity index (χ1) is 12.7. The molecule has 136 valence electrons. The van der Waals surface area contributed by atoms with Crippen LogP contribution in [0.25, 0.3) is 0 Å². The Morgan fingerprint density at radius 3 is 2.85 bits per heavy atom. The van der Waals surface area contributed by atoms with E-state index in [1.807, 2.05) is 34.5 Å². The number of urea groups is 1. The van der Waals surface area contributed by atoms with E-state index in [4.69, 9.17) is 4.74 Å². The highest BCUT2D eigenvalue weighted by Crippen LogP contribution is 2.36. The number of methoxy groups -OCH3 is 1. The fourth-order valence-corrected chi connectivity index (χ4v) is 4.45. The third-order valence-electron chi connectivity index (χ3n) is 5.00. The maximum Gasteiger partial charge on any atom is 0.414 e. The SMILES string of the molecule is COC(=O)N1CCCc2cc(NC(=O)N3CC[C@H]3c3cccs3)ccc21. The summed E-state index contributed by atoms with van der Waals surface area (Å²) in [7, 11) is 1.39. The predicted octanol–water partition coefficient (Wildman–Crippen LogP) is 4.25. The highest BCUT2D eigenvalue weighted by Gasteiger charge is 2.34. The Morgan fingerprint density at radius 1 is 1.27 bits per heavy atom. The van der Waals surface area contributed by atoms with E-state index in [-0.39, 0.29) is 18.2 Å². The summed E-state index contributed by atoms with van der Waals surface area (Å²) in [5.74, 6) is 0. The summed E-state index contributed by atoms with van der Waals surface area (Å²) >= 11 is 1.69. The maximum atomic E-state index is 12.6. The number of ether oxygens (including phenoxy) is 1. The zero-order valence-corrected chi connectivity index (χ0v) is 15.4. The molecule has 1 aromatic carbocycles. The first-order valence-electron chi connectivity index (χ1n) is 8.77. The van der Waals surface area contributed by atoms with Gasteiger partial charge >= 0.3 is 12.1 Å². The van der Waals surface area contributed by atoms with Gasteiger partial charge in [0, 0.05) is 23.7 Å². The van der Waals surface area contributed by atoms with Crippen molar-refractivity contribution in [1.82, 2.24) is 4.90 Å². The Labute approximate surface area is 156 Å². The zero-order chi connectivity index (χ0) is 18.1. The predicted molar refractivity (Wildman–Crippen MR) is 102 cm³/mol. The average molecular weight is 371 g/mol. The van der Waals surface area contributed by atoms with Crippen LogP contribution in [0.3, 0.4) is 0 Å². The average Bonchev–Trinajstić information content (AvgIpc) is 3.13. The number of hydrogen-bond acceptors (Lipinski definition) is 4. The molecule has 1 saturated heterocycles. The Bertz CT molecular complexity index is 821. The minimum Gasteiger partial charge on any atom is -0.452 e. The summed E-state index contributed by atoms with van der Waals surface area (Å²) in [4.78, 5) is 29.3. The number of likely N-dealkylation sites (tertiary alicyclic amines) is 1. The molecule has 3 amide bonds. The Balaban J connectivity index is 1.47. The Kier molecular flexibility index (Phi) is 4.55. The molecule has 7 heteroatoms. The highest BCUT2D eigenvalue weighted by atomic mass is 32.1. The van der Waals surface area contributed by atoms with Gasteiger partial charge in [-0.25, -0.2) is 9.59 Å². The summed E-state index contributed by atoms with van der Waals surface area (Å²) in [6.07, 6.45) is 2.42. The summed E-state index contributed by atoms with van der Waals surface area (Å²) in [5.41, 5.74) is 2.68. The number of rotatable bonds is 2. The van der Waals surface area contributed by atoms with Gasteiger partial charge in [0.05, 0.1) is 18.8 Å². The maximum absolute atomic E-state index is 12.6. The molecule has 4 rings (SSSR count). The summed E-state index contributed by atoms with van der Waals surface area (Å²) < 4.78 is 4.85. The van der Waals surface area contributed by atoms with Gasteiger partial charge in [0.1, 0.15) is 0 Å². The van der Waals surface area contributed by atoms with Crippen molar-refractivity contribution in [3.8, 4) is 0 Å². The van der Waals surface area contributed by atoms with Crippen LogP contribution in [0.15, 0.2) is 35.7 Å². The van der Waals surface area contributed by atoms with Crippen molar-refractivity contribution in [2.24, 2.45) is 0 Å². The van der Waals surface area contributed by atoms with Gasteiger partial charge in [0.2, 0.25) is 0 Å². The molecule has 6 nitrogen and oxygen atoms in total. The second-order valence-electron chi connectivity index (χ2n) is 6.51. The first-order valence-corrected chi connectivity index (χ1v) is 9.65. The van der Waals surface area contributed by atoms with Crippen molar-refractivity contribution in [3.63, 3.8) is 0 Å². The number of nitrogens with one attached hydrogen (secondary N) is 1. The van der Waals surface area contributed by atoms with Crippen molar-refractivity contribution in [2.75, 3.05) is 30.4 Å². The molecule has 1 atom stereocenters. The number of carbonyl (C=O) groups is 2. The van der Waals surface area contributed by atoms with E-state index < -0.39 is 0 Å². The minimum absolute atomic E-state index is 0.0739. The van der Waals surface area contributed by atoms with Gasteiger partial charge in [-0.15, -0.1) is 11.3 Å². The van der Waals surface area contributed by atoms with Crippen LogP contribution in [0, 0.1) is 0 Å². The van der Waals surface area contributed by atoms with Crippen LogP contribution in [-0.2, 0) is 11.2 Å². The first kappa shape index (κ1) is 16.9. The van der Waals surface area contributed by atoms with E-state index in [0.717, 1.165) is 42.7 Å². The summed E-state index contributed by atoms with van der Waals surface area (Å²) in [6.45, 7) is 1.43. The van der Waals surface area contributed by atoms with Gasteiger partial charge in [-0.05, 0) is 54.5 Å². The molecule has 0 aliphatic carbocycles. The molecule has 2 aromatic rings. The number of benzene rings is 1. The molecule has 1 aromatic heterocycles. The van der Waals surface area contributed by atoms with E-state index in [2.05, 4.69) is 11.4 Å². The molecule has 0 spiro atoms. The molecule has 0 saturated carbocycles. The van der Waals surface area contributed by atoms with E-state index in [0.29, 0.717) is 6.54 Å². The van der Waals surface area contributed by atoms with Crippen LogP contribution < -0.4 is 10.2 Å². The smallest absolute Gasteiger partial charge is 0.414 e. The van der Waals surface area contributed by atoms with Gasteiger partial charge in [0.15, 0.2) is 0 Å². The minimum atomic E-state index is -0.345. The Hall–Kier alpha value is -2.54. The van der Waals surface area contributed by atoms with Crippen LogP contribution in [0.4, 0.5) is 21.0 Å². The second kappa shape index (κ2) is 6.99. The fraction of sp³-hybridized carbons (Fsp3) is 0.368. The number of amides is 3. The molecule has 26 heavy (non-hydrogen) atoms. The number of anilines is 2. The lowest BCUT2D eigenvalue weighted by molar-refractivity contribution is 0.128. The highest BCUT2D eigenvalue weighted by molar-refractivity contribution is 7.10. The lowest BCUT2D eigenvalue weighted by atomic mass is 10.0. The van der Waals surface area contributed by atoms with Crippen molar-refractivity contribution < 1.29 is 14.3 Å². The van der Waals surface area contributed by atoms with Crippen LogP contribution in [0.2, 0.25) is 0 Å². The third kappa shape index (κ3) is 3.03. The number of thiophene rings is 1. The van der Waals surface area contributed by atoms with Crippen LogP contribution >= 0.6 is 11.3 Å². The van der Waals surface area contributed by atoms with Crippen molar-refractivity contribution in [1.29, 1.82) is 0 Å². The van der Waals surface area contributed by atoms with Crippen LogP contribution in [0.5, 0.6) is 0 Å². The number of aryl methyl sites for hydroxylation is 1. The number of nitrogens with zero attached hydrogens (tertiary/aromatic N) is 2. The van der Waals surface area contributed by atoms with Gasteiger partial charge in [0.25, 0.3) is 0 Å². The number of carbonyl (C=O) groups excluding carboxylic acids is 2. The molecule has 1 N–H and O–H groups in total. The lowest BCUT2D eigenvalue weighted by Gasteiger charge is -2.40. The second-order valence-corrected chi connectivity index (χ2v) is 7.49. The molecule has 0 radical (unpaired) electrons. The van der Waals surface area contributed by atoms with E-state index in [9.17, 15) is 9.59 Å². The molecular weight excluding hydrogens is 350 g/mol. The molecule has 2 aliphatic rings. The standard InChI is InChI=1S/C19H21N3O3S/c1-25-19(24)22-9-2-4-13-12-14(6-7-15(13)22)20-18(23)21-10-8-16(21)17-5-3-11-26-17/h3,5-7,11-12,16H,2,4,8-10H2,1H3,(H,20,23)/t16-/m0/s1. The van der Waals surface area contributed by atoms with Crippen LogP contribution in [0.1, 0.15) is 29.3 Å². The number of hydrogen-bond donors (Lipinski definition) is 1. The molecule has 1 fully saturated rings. The largest absolute Gasteiger partial charge is 0.452 e. The van der Waals surface area contributed by atoms with Crippen molar-refractivity contribution in [3.05, 3.63) is 46.2 Å². The Morgan fingerprint density at radius 2 is 2.15 bits per heavy atom. The number of fused-ring (bicyclic) bond motifs is 1. The fourth-order valence-electron chi connectivity index (χ4n) is 3.58. The van der Waals surface area contributed by atoms with E-state index in [1.54, 1.807) is 16.2 Å². The lowest BCUT2D eigenvalue weighted by Crippen LogP contribution is -2.47. The monoisotopic (exact) mass is 371 g/mol. The van der Waals surface area contributed by atoms with Gasteiger partial charge in [-0.1, -0.05) is 6.07 Å². The normalized spacial score (nSPS) is 18.7. The van der Waals surface area contributed by atoms with Crippen molar-refractivity contribution >= 4 is 34.8 Å². The summed E-state index contributed by atoms with van der Waals surface area (Å²) in [5, 5.41) is 5.04. The van der Waals surface area contributed by atoms with Gasteiger partial charge in [-0.3, -0.25) is 4.90 Å². The molecule has 0 unspecified atom stereocenters. The van der Waals surface area contributed by atoms with Crippen molar-refractivity contribution in [2.45, 2.75) is 25.3 Å². The van der Waals surface area contributed by atoms with Gasteiger partial charge < -0.3 is 15.0 Å². The van der Waals surface area contributed by atoms with Gasteiger partial charge in [-0.2, -0.15) is 0 Å². The molecule has 3 heterocycles. The zero-order valence-electron chi connectivity index (χ0n) is 14.6. The molecule has 0 bridgehead atoms.